The predicted molar refractivity (Wildman–Crippen MR) is 90.5 cm³/mol. The number of rotatable bonds is 4. The van der Waals surface area contributed by atoms with Crippen molar-refractivity contribution in [3.8, 4) is 0 Å². The predicted octanol–water partition coefficient (Wildman–Crippen LogP) is 5.56. The second kappa shape index (κ2) is 6.91. The van der Waals surface area contributed by atoms with Gasteiger partial charge in [-0.05, 0) is 61.3 Å². The van der Waals surface area contributed by atoms with Gasteiger partial charge in [-0.1, -0.05) is 40.5 Å². The quantitative estimate of drug-likeness (QED) is 0.743. The number of aryl methyl sites for hydroxylation is 2. The van der Waals surface area contributed by atoms with Gasteiger partial charge in [0.2, 0.25) is 0 Å². The Morgan fingerprint density at radius 1 is 1.14 bits per heavy atom. The first kappa shape index (κ1) is 16.5. The van der Waals surface area contributed by atoms with Crippen molar-refractivity contribution in [2.45, 2.75) is 26.8 Å². The van der Waals surface area contributed by atoms with Gasteiger partial charge in [0, 0.05) is 15.1 Å². The molecule has 0 aromatic heterocycles. The molecule has 1 N–H and O–H groups in total. The molecule has 0 radical (unpaired) electrons. The number of benzene rings is 2. The molecule has 0 aliphatic heterocycles. The summed E-state index contributed by atoms with van der Waals surface area (Å²) in [5, 5.41) is 4.10. The summed E-state index contributed by atoms with van der Waals surface area (Å²) in [6.07, 6.45) is 0. The fraction of sp³-hybridized carbons (Fsp3) is 0.294. The maximum atomic E-state index is 14.3. The summed E-state index contributed by atoms with van der Waals surface area (Å²) < 4.78 is 15.1. The first-order chi connectivity index (χ1) is 9.93. The van der Waals surface area contributed by atoms with Gasteiger partial charge in [0.1, 0.15) is 5.82 Å². The lowest BCUT2D eigenvalue weighted by Crippen LogP contribution is -2.24. The maximum Gasteiger partial charge on any atom is 0.128 e. The van der Waals surface area contributed by atoms with Crippen LogP contribution in [0.25, 0.3) is 0 Å². The van der Waals surface area contributed by atoms with E-state index in [1.165, 1.54) is 6.07 Å². The van der Waals surface area contributed by atoms with Crippen LogP contribution in [-0.4, -0.2) is 6.54 Å². The van der Waals surface area contributed by atoms with Crippen molar-refractivity contribution in [2.75, 3.05) is 6.54 Å². The number of nitrogens with one attached hydrogen (secondary N) is 1. The third-order valence-electron chi connectivity index (χ3n) is 3.54. The van der Waals surface area contributed by atoms with Crippen LogP contribution in [0.2, 0.25) is 5.02 Å². The molecule has 112 valence electrons. The number of hydrogen-bond donors (Lipinski definition) is 1. The van der Waals surface area contributed by atoms with Crippen LogP contribution in [0.15, 0.2) is 34.8 Å². The van der Waals surface area contributed by atoms with Crippen molar-refractivity contribution >= 4 is 27.5 Å². The first-order valence-electron chi connectivity index (χ1n) is 6.89. The van der Waals surface area contributed by atoms with E-state index in [2.05, 4.69) is 21.2 Å². The molecule has 1 atom stereocenters. The highest BCUT2D eigenvalue weighted by atomic mass is 79.9. The van der Waals surface area contributed by atoms with Crippen LogP contribution in [0, 0.1) is 19.7 Å². The van der Waals surface area contributed by atoms with Gasteiger partial charge in [0.25, 0.3) is 0 Å². The first-order valence-corrected chi connectivity index (χ1v) is 8.06. The molecule has 0 aliphatic carbocycles. The second-order valence-corrected chi connectivity index (χ2v) is 6.44. The monoisotopic (exact) mass is 369 g/mol. The van der Waals surface area contributed by atoms with Crippen LogP contribution in [0.3, 0.4) is 0 Å². The smallest absolute Gasteiger partial charge is 0.128 e. The summed E-state index contributed by atoms with van der Waals surface area (Å²) in [4.78, 5) is 0. The molecule has 0 spiro atoms. The molecule has 0 aliphatic rings. The minimum atomic E-state index is -0.212. The molecule has 2 rings (SSSR count). The highest BCUT2D eigenvalue weighted by molar-refractivity contribution is 9.10. The average Bonchev–Trinajstić information content (AvgIpc) is 2.43. The Bertz CT molecular complexity index is 657. The highest BCUT2D eigenvalue weighted by Gasteiger charge is 2.20. The van der Waals surface area contributed by atoms with Crippen molar-refractivity contribution in [1.82, 2.24) is 5.32 Å². The van der Waals surface area contributed by atoms with Crippen molar-refractivity contribution in [2.24, 2.45) is 0 Å². The molecule has 2 aromatic carbocycles. The molecule has 2 aromatic rings. The Morgan fingerprint density at radius 2 is 1.86 bits per heavy atom. The van der Waals surface area contributed by atoms with E-state index < -0.39 is 0 Å². The third kappa shape index (κ3) is 3.65. The van der Waals surface area contributed by atoms with E-state index in [9.17, 15) is 4.39 Å². The zero-order valence-electron chi connectivity index (χ0n) is 12.3. The van der Waals surface area contributed by atoms with Crippen molar-refractivity contribution < 1.29 is 4.39 Å². The van der Waals surface area contributed by atoms with Gasteiger partial charge in [0.15, 0.2) is 0 Å². The lowest BCUT2D eigenvalue weighted by Gasteiger charge is -2.22. The van der Waals surface area contributed by atoms with Gasteiger partial charge in [-0.15, -0.1) is 0 Å². The molecular formula is C17H18BrClFN. The standard InChI is InChI=1S/C17H18BrClFN/c1-4-21-17(14-9-12(18)5-6-16(14)20)13-7-11(3)15(19)8-10(13)2/h5-9,17,21H,4H2,1-3H3. The topological polar surface area (TPSA) is 12.0 Å². The summed E-state index contributed by atoms with van der Waals surface area (Å²) in [7, 11) is 0. The number of halogens is 3. The fourth-order valence-corrected chi connectivity index (χ4v) is 3.04. The highest BCUT2D eigenvalue weighted by Crippen LogP contribution is 2.31. The van der Waals surface area contributed by atoms with E-state index in [1.54, 1.807) is 6.07 Å². The average molecular weight is 371 g/mol. The SMILES string of the molecule is CCNC(c1cc(C)c(Cl)cc1C)c1cc(Br)ccc1F. The molecule has 0 heterocycles. The van der Waals surface area contributed by atoms with Crippen LogP contribution in [0.5, 0.6) is 0 Å². The summed E-state index contributed by atoms with van der Waals surface area (Å²) in [5.41, 5.74) is 3.73. The van der Waals surface area contributed by atoms with Crippen molar-refractivity contribution in [3.63, 3.8) is 0 Å². The maximum absolute atomic E-state index is 14.3. The van der Waals surface area contributed by atoms with Gasteiger partial charge in [-0.2, -0.15) is 0 Å². The summed E-state index contributed by atoms with van der Waals surface area (Å²) >= 11 is 9.59. The molecule has 0 saturated carbocycles. The van der Waals surface area contributed by atoms with Crippen molar-refractivity contribution in [3.05, 3.63) is 67.9 Å². The molecular weight excluding hydrogens is 353 g/mol. The van der Waals surface area contributed by atoms with E-state index in [1.807, 2.05) is 39.0 Å². The zero-order valence-corrected chi connectivity index (χ0v) is 14.6. The molecule has 21 heavy (non-hydrogen) atoms. The van der Waals surface area contributed by atoms with E-state index in [0.717, 1.165) is 32.7 Å². The van der Waals surface area contributed by atoms with E-state index in [-0.39, 0.29) is 11.9 Å². The van der Waals surface area contributed by atoms with Gasteiger partial charge in [-0.25, -0.2) is 4.39 Å². The molecule has 0 fully saturated rings. The van der Waals surface area contributed by atoms with Crippen LogP contribution >= 0.6 is 27.5 Å². The van der Waals surface area contributed by atoms with E-state index in [4.69, 9.17) is 11.6 Å². The van der Waals surface area contributed by atoms with E-state index in [0.29, 0.717) is 5.56 Å². The fourth-order valence-electron chi connectivity index (χ4n) is 2.44. The molecule has 4 heteroatoms. The largest absolute Gasteiger partial charge is 0.306 e. The van der Waals surface area contributed by atoms with Crippen LogP contribution in [0.1, 0.15) is 35.2 Å². The Morgan fingerprint density at radius 3 is 2.52 bits per heavy atom. The minimum absolute atomic E-state index is 0.191. The zero-order chi connectivity index (χ0) is 15.6. The second-order valence-electron chi connectivity index (χ2n) is 5.11. The van der Waals surface area contributed by atoms with E-state index >= 15 is 0 Å². The Labute approximate surface area is 138 Å². The summed E-state index contributed by atoms with van der Waals surface area (Å²) in [5.74, 6) is -0.212. The van der Waals surface area contributed by atoms with Gasteiger partial charge in [-0.3, -0.25) is 0 Å². The summed E-state index contributed by atoms with van der Waals surface area (Å²) in [6, 6.07) is 8.80. The molecule has 0 bridgehead atoms. The van der Waals surface area contributed by atoms with Crippen LogP contribution < -0.4 is 5.32 Å². The van der Waals surface area contributed by atoms with Crippen LogP contribution in [-0.2, 0) is 0 Å². The Balaban J connectivity index is 2.58. The van der Waals surface area contributed by atoms with Gasteiger partial charge >= 0.3 is 0 Å². The molecule has 1 unspecified atom stereocenters. The van der Waals surface area contributed by atoms with Gasteiger partial charge in [0.05, 0.1) is 6.04 Å². The van der Waals surface area contributed by atoms with Crippen LogP contribution in [0.4, 0.5) is 4.39 Å². The molecule has 0 amide bonds. The third-order valence-corrected chi connectivity index (χ3v) is 4.44. The lowest BCUT2D eigenvalue weighted by atomic mass is 9.93. The lowest BCUT2D eigenvalue weighted by molar-refractivity contribution is 0.557. The normalized spacial score (nSPS) is 12.5. The Kier molecular flexibility index (Phi) is 5.42. The minimum Gasteiger partial charge on any atom is -0.306 e. The van der Waals surface area contributed by atoms with Gasteiger partial charge < -0.3 is 5.32 Å². The number of hydrogen-bond acceptors (Lipinski definition) is 1. The summed E-state index contributed by atoms with van der Waals surface area (Å²) in [6.45, 7) is 6.73. The Hall–Kier alpha value is -0.900. The molecule has 1 nitrogen and oxygen atoms in total. The van der Waals surface area contributed by atoms with Crippen molar-refractivity contribution in [1.29, 1.82) is 0 Å². The molecule has 0 saturated heterocycles.